The van der Waals surface area contributed by atoms with Crippen molar-refractivity contribution in [3.8, 4) is 11.1 Å². The predicted octanol–water partition coefficient (Wildman–Crippen LogP) is 4.03. The van der Waals surface area contributed by atoms with E-state index in [2.05, 4.69) is 45.4 Å². The van der Waals surface area contributed by atoms with Crippen LogP contribution in [0.4, 0.5) is 5.69 Å². The highest BCUT2D eigenvalue weighted by Gasteiger charge is 2.08. The lowest BCUT2D eigenvalue weighted by atomic mass is 10.00. The van der Waals surface area contributed by atoms with Gasteiger partial charge in [-0.3, -0.25) is 14.8 Å². The zero-order chi connectivity index (χ0) is 22.6. The average molecular weight is 426 g/mol. The number of nitrogens with zero attached hydrogens (tertiary/aromatic N) is 2. The van der Waals surface area contributed by atoms with Gasteiger partial charge < -0.3 is 16.4 Å². The van der Waals surface area contributed by atoms with Crippen molar-refractivity contribution >= 4 is 23.5 Å². The monoisotopic (exact) mass is 425 g/mol. The number of pyridine rings is 1. The van der Waals surface area contributed by atoms with Crippen LogP contribution in [0.25, 0.3) is 16.8 Å². The fourth-order valence-corrected chi connectivity index (χ4v) is 3.07. The first-order valence-corrected chi connectivity index (χ1v) is 10.4. The summed E-state index contributed by atoms with van der Waals surface area (Å²) in [6.07, 6.45) is 8.30. The van der Waals surface area contributed by atoms with Gasteiger partial charge in [-0.1, -0.05) is 49.0 Å². The molecule has 0 unspecified atom stereocenters. The van der Waals surface area contributed by atoms with Crippen LogP contribution < -0.4 is 16.4 Å². The number of benzene rings is 2. The number of aliphatic imine (C=N–C) groups is 1. The topological polar surface area (TPSA) is 92.4 Å². The Morgan fingerprint density at radius 2 is 1.91 bits per heavy atom. The van der Waals surface area contributed by atoms with Crippen molar-refractivity contribution in [1.29, 1.82) is 0 Å². The maximum Gasteiger partial charge on any atom is 0.243 e. The van der Waals surface area contributed by atoms with Crippen LogP contribution in [0.1, 0.15) is 11.1 Å². The molecule has 32 heavy (non-hydrogen) atoms. The Bertz CT molecular complexity index is 1090. The van der Waals surface area contributed by atoms with Crippen LogP contribution in [0.15, 0.2) is 96.8 Å². The van der Waals surface area contributed by atoms with Crippen LogP contribution in [-0.2, 0) is 11.3 Å². The number of nitrogens with one attached hydrogen (secondary N) is 2. The molecular weight excluding hydrogens is 398 g/mol. The molecule has 1 amide bonds. The number of rotatable bonds is 10. The van der Waals surface area contributed by atoms with E-state index in [0.717, 1.165) is 27.9 Å². The third-order valence-corrected chi connectivity index (χ3v) is 4.72. The van der Waals surface area contributed by atoms with Crippen molar-refractivity contribution in [2.45, 2.75) is 6.54 Å². The number of carbonyl (C=O) groups is 1. The van der Waals surface area contributed by atoms with E-state index in [1.807, 2.05) is 42.5 Å². The van der Waals surface area contributed by atoms with Crippen LogP contribution in [0.5, 0.6) is 0 Å². The number of amides is 1. The van der Waals surface area contributed by atoms with Crippen LogP contribution in [0.2, 0.25) is 0 Å². The molecule has 0 saturated heterocycles. The molecule has 0 radical (unpaired) electrons. The lowest BCUT2D eigenvalue weighted by molar-refractivity contribution is -0.116. The minimum absolute atomic E-state index is 0.198. The van der Waals surface area contributed by atoms with Gasteiger partial charge in [0.1, 0.15) is 0 Å². The zero-order valence-electron chi connectivity index (χ0n) is 17.9. The first-order valence-electron chi connectivity index (χ1n) is 10.4. The Balaban J connectivity index is 1.78. The normalized spacial score (nSPS) is 11.3. The molecule has 0 saturated carbocycles. The Hall–Kier alpha value is -4.19. The fourth-order valence-electron chi connectivity index (χ4n) is 3.07. The summed E-state index contributed by atoms with van der Waals surface area (Å²) in [7, 11) is 0. The van der Waals surface area contributed by atoms with Crippen molar-refractivity contribution in [3.63, 3.8) is 0 Å². The number of aromatic nitrogens is 1. The molecule has 0 atom stereocenters. The van der Waals surface area contributed by atoms with Gasteiger partial charge in [0.05, 0.1) is 6.54 Å². The maximum absolute atomic E-state index is 11.3. The van der Waals surface area contributed by atoms with Crippen LogP contribution in [0.3, 0.4) is 0 Å². The second kappa shape index (κ2) is 11.9. The number of anilines is 1. The quantitative estimate of drug-likeness (QED) is 0.260. The van der Waals surface area contributed by atoms with Gasteiger partial charge in [-0.2, -0.15) is 0 Å². The summed E-state index contributed by atoms with van der Waals surface area (Å²) in [5.74, 6) is -0.198. The molecule has 6 nitrogen and oxygen atoms in total. The van der Waals surface area contributed by atoms with Crippen LogP contribution in [0, 0.1) is 0 Å². The van der Waals surface area contributed by atoms with Crippen molar-refractivity contribution in [1.82, 2.24) is 10.3 Å². The summed E-state index contributed by atoms with van der Waals surface area (Å²) in [5.41, 5.74) is 12.0. The second-order valence-corrected chi connectivity index (χ2v) is 7.02. The number of hydrogen-bond acceptors (Lipinski definition) is 5. The summed E-state index contributed by atoms with van der Waals surface area (Å²) < 4.78 is 0. The molecule has 1 aromatic heterocycles. The Morgan fingerprint density at radius 1 is 1.06 bits per heavy atom. The summed E-state index contributed by atoms with van der Waals surface area (Å²) in [6.45, 7) is 5.02. The highest BCUT2D eigenvalue weighted by atomic mass is 16.1. The lowest BCUT2D eigenvalue weighted by Gasteiger charge is -2.14. The maximum atomic E-state index is 11.3. The van der Waals surface area contributed by atoms with Gasteiger partial charge >= 0.3 is 0 Å². The highest BCUT2D eigenvalue weighted by Crippen LogP contribution is 2.28. The smallest absolute Gasteiger partial charge is 0.243 e. The van der Waals surface area contributed by atoms with E-state index in [1.165, 1.54) is 6.08 Å². The molecule has 0 bridgehead atoms. The first-order chi connectivity index (χ1) is 15.7. The molecule has 0 aliphatic carbocycles. The molecule has 0 fully saturated rings. The fraction of sp³-hybridized carbons (Fsp3) is 0.115. The standard InChI is InChI=1S/C26H27N5O/c1-2-26(32)31-16-15-30-25-11-10-22(21-8-4-3-5-9-21)17-23(25)24(27)12-14-29-19-20-7-6-13-28-18-20/h2-14,17-18,30H,1,15-16,19,27H2,(H,31,32). The van der Waals surface area contributed by atoms with Crippen LogP contribution >= 0.6 is 0 Å². The SMILES string of the molecule is C=CC(=O)NCCNc1ccc(-c2ccccc2)cc1C(N)=CC=NCc1cccnc1. The molecule has 4 N–H and O–H groups in total. The lowest BCUT2D eigenvalue weighted by Crippen LogP contribution is -2.27. The van der Waals surface area contributed by atoms with Gasteiger partial charge in [0.2, 0.25) is 5.91 Å². The Kier molecular flexibility index (Phi) is 8.34. The number of hydrogen-bond donors (Lipinski definition) is 3. The summed E-state index contributed by atoms with van der Waals surface area (Å²) in [6, 6.07) is 20.1. The first kappa shape index (κ1) is 22.5. The molecule has 162 valence electrons. The third kappa shape index (κ3) is 6.67. The molecular formula is C26H27N5O. The molecule has 1 heterocycles. The second-order valence-electron chi connectivity index (χ2n) is 7.02. The van der Waals surface area contributed by atoms with E-state index in [1.54, 1.807) is 24.7 Å². The molecule has 0 aliphatic heterocycles. The van der Waals surface area contributed by atoms with Crippen molar-refractivity contribution < 1.29 is 4.79 Å². The van der Waals surface area contributed by atoms with Crippen molar-refractivity contribution in [2.75, 3.05) is 18.4 Å². The van der Waals surface area contributed by atoms with Crippen molar-refractivity contribution in [3.05, 3.63) is 103 Å². The molecule has 6 heteroatoms. The number of allylic oxidation sites excluding steroid dienone is 1. The highest BCUT2D eigenvalue weighted by molar-refractivity contribution is 5.88. The Morgan fingerprint density at radius 3 is 2.66 bits per heavy atom. The third-order valence-electron chi connectivity index (χ3n) is 4.72. The molecule has 0 spiro atoms. The summed E-state index contributed by atoms with van der Waals surface area (Å²) in [5, 5.41) is 6.10. The van der Waals surface area contributed by atoms with Crippen molar-refractivity contribution in [2.24, 2.45) is 10.7 Å². The predicted molar refractivity (Wildman–Crippen MR) is 132 cm³/mol. The van der Waals surface area contributed by atoms with Crippen LogP contribution in [-0.4, -0.2) is 30.2 Å². The van der Waals surface area contributed by atoms with Gasteiger partial charge in [0.25, 0.3) is 0 Å². The zero-order valence-corrected chi connectivity index (χ0v) is 17.9. The molecule has 3 aromatic rings. The summed E-state index contributed by atoms with van der Waals surface area (Å²) >= 11 is 0. The van der Waals surface area contributed by atoms with Gasteiger partial charge in [-0.25, -0.2) is 0 Å². The molecule has 3 rings (SSSR count). The van der Waals surface area contributed by atoms with E-state index < -0.39 is 0 Å². The van der Waals surface area contributed by atoms with Gasteiger partial charge in [-0.15, -0.1) is 0 Å². The summed E-state index contributed by atoms with van der Waals surface area (Å²) in [4.78, 5) is 19.9. The number of nitrogens with two attached hydrogens (primary N) is 1. The minimum Gasteiger partial charge on any atom is -0.398 e. The van der Waals surface area contributed by atoms with E-state index in [-0.39, 0.29) is 5.91 Å². The molecule has 0 aliphatic rings. The van der Waals surface area contributed by atoms with E-state index >= 15 is 0 Å². The largest absolute Gasteiger partial charge is 0.398 e. The van der Waals surface area contributed by atoms with Gasteiger partial charge in [-0.05, 0) is 47.0 Å². The van der Waals surface area contributed by atoms with E-state index in [4.69, 9.17) is 5.73 Å². The Labute approximate surface area is 188 Å². The molecule has 2 aromatic carbocycles. The van der Waals surface area contributed by atoms with E-state index in [0.29, 0.717) is 25.3 Å². The average Bonchev–Trinajstić information content (AvgIpc) is 2.85. The van der Waals surface area contributed by atoms with Gasteiger partial charge in [0, 0.05) is 48.6 Å². The minimum atomic E-state index is -0.198. The van der Waals surface area contributed by atoms with Gasteiger partial charge in [0.15, 0.2) is 0 Å². The van der Waals surface area contributed by atoms with E-state index in [9.17, 15) is 4.79 Å². The number of carbonyl (C=O) groups excluding carboxylic acids is 1.